The number of benzene rings is 1. The summed E-state index contributed by atoms with van der Waals surface area (Å²) in [6.07, 6.45) is 1.40. The lowest BCUT2D eigenvalue weighted by molar-refractivity contribution is -0.124. The van der Waals surface area contributed by atoms with E-state index in [2.05, 4.69) is 25.2 Å². The Labute approximate surface area is 115 Å². The number of rotatable bonds is 6. The largest absolute Gasteiger partial charge is 0.352 e. The van der Waals surface area contributed by atoms with Crippen LogP contribution in [-0.2, 0) is 11.2 Å². The van der Waals surface area contributed by atoms with Crippen molar-refractivity contribution in [2.24, 2.45) is 11.8 Å². The molecule has 1 amide bonds. The van der Waals surface area contributed by atoms with Crippen LogP contribution in [0.25, 0.3) is 0 Å². The van der Waals surface area contributed by atoms with E-state index in [1.165, 1.54) is 0 Å². The molecule has 2 atom stereocenters. The summed E-state index contributed by atoms with van der Waals surface area (Å²) < 4.78 is 0. The highest BCUT2D eigenvalue weighted by atomic mass is 16.1. The minimum Gasteiger partial charge on any atom is -0.352 e. The number of hydrogen-bond donors (Lipinski definition) is 1. The Hall–Kier alpha value is -1.82. The maximum absolute atomic E-state index is 12.0. The van der Waals surface area contributed by atoms with Crippen LogP contribution in [0.4, 0.5) is 0 Å². The minimum atomic E-state index is -0.614. The molecule has 0 spiro atoms. The fourth-order valence-electron chi connectivity index (χ4n) is 2.16. The third-order valence-corrected chi connectivity index (χ3v) is 2.97. The Morgan fingerprint density at radius 1 is 1.26 bits per heavy atom. The Morgan fingerprint density at radius 3 is 2.42 bits per heavy atom. The van der Waals surface area contributed by atoms with Crippen LogP contribution in [0.2, 0.25) is 0 Å². The molecule has 19 heavy (non-hydrogen) atoms. The van der Waals surface area contributed by atoms with Crippen LogP contribution in [0.5, 0.6) is 0 Å². The summed E-state index contributed by atoms with van der Waals surface area (Å²) in [5, 5.41) is 12.1. The Kier molecular flexibility index (Phi) is 6.08. The van der Waals surface area contributed by atoms with E-state index in [9.17, 15) is 4.79 Å². The van der Waals surface area contributed by atoms with Gasteiger partial charge in [-0.3, -0.25) is 4.79 Å². The third-order valence-electron chi connectivity index (χ3n) is 2.97. The lowest BCUT2D eigenvalue weighted by atomic mass is 9.98. The summed E-state index contributed by atoms with van der Waals surface area (Å²) >= 11 is 0. The normalized spacial score (nSPS) is 13.6. The number of amides is 1. The second-order valence-corrected chi connectivity index (χ2v) is 5.41. The molecule has 0 saturated carbocycles. The Balaban J connectivity index is 2.56. The van der Waals surface area contributed by atoms with Crippen LogP contribution in [0.1, 0.15) is 32.8 Å². The Morgan fingerprint density at radius 2 is 1.89 bits per heavy atom. The molecule has 3 nitrogen and oxygen atoms in total. The summed E-state index contributed by atoms with van der Waals surface area (Å²) in [4.78, 5) is 12.0. The first-order valence-electron chi connectivity index (χ1n) is 6.76. The predicted octanol–water partition coefficient (Wildman–Crippen LogP) is 2.92. The van der Waals surface area contributed by atoms with Gasteiger partial charge in [-0.2, -0.15) is 5.26 Å². The van der Waals surface area contributed by atoms with Gasteiger partial charge in [-0.1, -0.05) is 44.2 Å². The monoisotopic (exact) mass is 258 g/mol. The minimum absolute atomic E-state index is 0.110. The predicted molar refractivity (Wildman–Crippen MR) is 76.3 cm³/mol. The molecule has 102 valence electrons. The zero-order valence-electron chi connectivity index (χ0n) is 11.9. The number of carbonyl (C=O) groups is 1. The van der Waals surface area contributed by atoms with Crippen LogP contribution in [0, 0.1) is 23.2 Å². The van der Waals surface area contributed by atoms with Crippen LogP contribution in [-0.4, -0.2) is 11.9 Å². The van der Waals surface area contributed by atoms with Gasteiger partial charge in [-0.15, -0.1) is 0 Å². The number of hydrogen-bond acceptors (Lipinski definition) is 2. The van der Waals surface area contributed by atoms with Gasteiger partial charge in [0.25, 0.3) is 0 Å². The van der Waals surface area contributed by atoms with Crippen LogP contribution in [0.15, 0.2) is 30.3 Å². The van der Waals surface area contributed by atoms with Crippen LogP contribution >= 0.6 is 0 Å². The highest BCUT2D eigenvalue weighted by Crippen LogP contribution is 2.10. The van der Waals surface area contributed by atoms with Crippen molar-refractivity contribution in [2.75, 3.05) is 0 Å². The second kappa shape index (κ2) is 7.58. The van der Waals surface area contributed by atoms with Crippen molar-refractivity contribution in [3.63, 3.8) is 0 Å². The standard InChI is InChI=1S/C16H22N2O/c1-12(2)9-13(3)18-16(19)15(11-17)10-14-7-5-4-6-8-14/h4-8,12-13,15H,9-10H2,1-3H3,(H,18,19). The number of nitriles is 1. The van der Waals surface area contributed by atoms with E-state index < -0.39 is 5.92 Å². The smallest absolute Gasteiger partial charge is 0.237 e. The molecule has 0 aliphatic carbocycles. The SMILES string of the molecule is CC(C)CC(C)NC(=O)C(C#N)Cc1ccccc1. The van der Waals surface area contributed by atoms with Crippen molar-refractivity contribution in [1.82, 2.24) is 5.32 Å². The molecule has 1 aromatic carbocycles. The molecule has 0 aromatic heterocycles. The van der Waals surface area contributed by atoms with Gasteiger partial charge >= 0.3 is 0 Å². The lowest BCUT2D eigenvalue weighted by Crippen LogP contribution is -2.38. The first-order valence-corrected chi connectivity index (χ1v) is 6.76. The highest BCUT2D eigenvalue weighted by molar-refractivity contribution is 5.81. The number of carbonyl (C=O) groups excluding carboxylic acids is 1. The van der Waals surface area contributed by atoms with Crippen molar-refractivity contribution in [3.8, 4) is 6.07 Å². The molecule has 0 fully saturated rings. The summed E-state index contributed by atoms with van der Waals surface area (Å²) in [6, 6.07) is 11.9. The zero-order valence-corrected chi connectivity index (χ0v) is 11.9. The second-order valence-electron chi connectivity index (χ2n) is 5.41. The van der Waals surface area contributed by atoms with E-state index in [0.717, 1.165) is 12.0 Å². The summed E-state index contributed by atoms with van der Waals surface area (Å²) in [5.74, 6) is -0.249. The molecule has 0 radical (unpaired) electrons. The molecule has 1 aromatic rings. The van der Waals surface area contributed by atoms with Gasteiger partial charge in [0.2, 0.25) is 5.91 Å². The topological polar surface area (TPSA) is 52.9 Å². The number of nitrogens with one attached hydrogen (secondary N) is 1. The van der Waals surface area contributed by atoms with E-state index in [0.29, 0.717) is 12.3 Å². The summed E-state index contributed by atoms with van der Waals surface area (Å²) in [6.45, 7) is 6.22. The molecule has 0 aliphatic rings. The van der Waals surface area contributed by atoms with Crippen molar-refractivity contribution >= 4 is 5.91 Å². The first-order chi connectivity index (χ1) is 9.02. The average Bonchev–Trinajstić information content (AvgIpc) is 2.35. The van der Waals surface area contributed by atoms with Crippen molar-refractivity contribution in [1.29, 1.82) is 5.26 Å². The quantitative estimate of drug-likeness (QED) is 0.853. The maximum Gasteiger partial charge on any atom is 0.237 e. The molecular formula is C16H22N2O. The first kappa shape index (κ1) is 15.2. The van der Waals surface area contributed by atoms with Gasteiger partial charge in [0.15, 0.2) is 0 Å². The van der Waals surface area contributed by atoms with Gasteiger partial charge < -0.3 is 5.32 Å². The van der Waals surface area contributed by atoms with E-state index >= 15 is 0 Å². The Bertz CT molecular complexity index is 434. The maximum atomic E-state index is 12.0. The highest BCUT2D eigenvalue weighted by Gasteiger charge is 2.20. The van der Waals surface area contributed by atoms with E-state index in [1.54, 1.807) is 0 Å². The van der Waals surface area contributed by atoms with Crippen molar-refractivity contribution in [2.45, 2.75) is 39.7 Å². The van der Waals surface area contributed by atoms with E-state index in [-0.39, 0.29) is 11.9 Å². The summed E-state index contributed by atoms with van der Waals surface area (Å²) in [5.41, 5.74) is 1.01. The summed E-state index contributed by atoms with van der Waals surface area (Å²) in [7, 11) is 0. The average molecular weight is 258 g/mol. The fraction of sp³-hybridized carbons (Fsp3) is 0.500. The molecule has 2 unspecified atom stereocenters. The number of nitrogens with zero attached hydrogens (tertiary/aromatic N) is 1. The zero-order chi connectivity index (χ0) is 14.3. The van der Waals surface area contributed by atoms with Crippen LogP contribution in [0.3, 0.4) is 0 Å². The molecule has 0 bridgehead atoms. The van der Waals surface area contributed by atoms with Crippen molar-refractivity contribution < 1.29 is 4.79 Å². The van der Waals surface area contributed by atoms with E-state index in [1.807, 2.05) is 37.3 Å². The van der Waals surface area contributed by atoms with Gasteiger partial charge in [0.05, 0.1) is 6.07 Å². The fourth-order valence-corrected chi connectivity index (χ4v) is 2.16. The van der Waals surface area contributed by atoms with Crippen molar-refractivity contribution in [3.05, 3.63) is 35.9 Å². The van der Waals surface area contributed by atoms with Gasteiger partial charge in [0, 0.05) is 6.04 Å². The lowest BCUT2D eigenvalue weighted by Gasteiger charge is -2.18. The molecule has 1 N–H and O–H groups in total. The van der Waals surface area contributed by atoms with Gasteiger partial charge in [-0.25, -0.2) is 0 Å². The third kappa shape index (κ3) is 5.56. The van der Waals surface area contributed by atoms with E-state index in [4.69, 9.17) is 5.26 Å². The van der Waals surface area contributed by atoms with Crippen LogP contribution < -0.4 is 5.32 Å². The molecule has 1 rings (SSSR count). The van der Waals surface area contributed by atoms with Gasteiger partial charge in [0.1, 0.15) is 5.92 Å². The van der Waals surface area contributed by atoms with Gasteiger partial charge in [-0.05, 0) is 31.2 Å². The molecule has 3 heteroatoms. The molecule has 0 heterocycles. The molecule has 0 aliphatic heterocycles. The molecule has 0 saturated heterocycles. The molecular weight excluding hydrogens is 236 g/mol.